The summed E-state index contributed by atoms with van der Waals surface area (Å²) in [7, 11) is 0. The van der Waals surface area contributed by atoms with E-state index in [1.807, 2.05) is 44.2 Å². The lowest BCUT2D eigenvalue weighted by Gasteiger charge is -2.35. The highest BCUT2D eigenvalue weighted by Crippen LogP contribution is 2.53. The van der Waals surface area contributed by atoms with Crippen LogP contribution in [0.25, 0.3) is 0 Å². The van der Waals surface area contributed by atoms with Crippen molar-refractivity contribution in [2.75, 3.05) is 31.2 Å². The molecule has 4 aliphatic rings. The van der Waals surface area contributed by atoms with Crippen LogP contribution in [0.4, 0.5) is 5.69 Å². The number of likely N-dealkylation sites (tertiary alicyclic amines) is 1. The van der Waals surface area contributed by atoms with Gasteiger partial charge in [0.25, 0.3) is 5.91 Å². The van der Waals surface area contributed by atoms with Gasteiger partial charge in [0.2, 0.25) is 5.91 Å². The quantitative estimate of drug-likeness (QED) is 0.355. The lowest BCUT2D eigenvalue weighted by molar-refractivity contribution is -0.152. The van der Waals surface area contributed by atoms with E-state index < -0.39 is 35.6 Å². The fraction of sp³-hybridized carbons (Fsp3) is 0.536. The highest BCUT2D eigenvalue weighted by Gasteiger charge is 2.71. The number of aliphatic hydroxyl groups excluding tert-OH is 1. The Hall–Kier alpha value is -2.97. The van der Waals surface area contributed by atoms with Crippen LogP contribution in [0.2, 0.25) is 0 Å². The second-order valence-electron chi connectivity index (χ2n) is 10.2. The number of aliphatic hydroxyl groups is 1. The van der Waals surface area contributed by atoms with Crippen molar-refractivity contribution in [3.05, 3.63) is 53.6 Å². The summed E-state index contributed by atoms with van der Waals surface area (Å²) < 4.78 is 11.9. The van der Waals surface area contributed by atoms with Crippen LogP contribution in [0.1, 0.15) is 36.8 Å². The molecule has 5 atom stereocenters. The molecule has 4 aliphatic heterocycles. The van der Waals surface area contributed by atoms with Gasteiger partial charge in [-0.25, -0.2) is 0 Å². The first kappa shape index (κ1) is 24.7. The van der Waals surface area contributed by atoms with E-state index in [4.69, 9.17) is 14.6 Å². The van der Waals surface area contributed by atoms with Crippen molar-refractivity contribution >= 4 is 23.5 Å². The molecule has 36 heavy (non-hydrogen) atoms. The van der Waals surface area contributed by atoms with Crippen LogP contribution >= 0.6 is 0 Å². The molecular weight excluding hydrogens is 460 g/mol. The van der Waals surface area contributed by atoms with Gasteiger partial charge < -0.3 is 24.4 Å². The van der Waals surface area contributed by atoms with Gasteiger partial charge in [-0.2, -0.15) is 0 Å². The van der Waals surface area contributed by atoms with E-state index in [-0.39, 0.29) is 25.0 Å². The van der Waals surface area contributed by atoms with E-state index in [0.717, 1.165) is 29.7 Å². The third kappa shape index (κ3) is 3.96. The number of carbonyl (C=O) groups excluding carboxylic acids is 3. The fourth-order valence-electron chi connectivity index (χ4n) is 6.18. The predicted octanol–water partition coefficient (Wildman–Crippen LogP) is 2.45. The van der Waals surface area contributed by atoms with Crippen LogP contribution in [0.5, 0.6) is 0 Å². The monoisotopic (exact) mass is 494 g/mol. The molecule has 1 aromatic carbocycles. The number of benzene rings is 1. The summed E-state index contributed by atoms with van der Waals surface area (Å²) in [6.07, 6.45) is 9.74. The maximum absolute atomic E-state index is 14.3. The number of hydrogen-bond acceptors (Lipinski definition) is 6. The predicted molar refractivity (Wildman–Crippen MR) is 133 cm³/mol. The van der Waals surface area contributed by atoms with Gasteiger partial charge in [-0.05, 0) is 50.0 Å². The van der Waals surface area contributed by atoms with Crippen LogP contribution in [-0.4, -0.2) is 71.8 Å². The molecule has 192 valence electrons. The molecule has 2 saturated heterocycles. The van der Waals surface area contributed by atoms with Crippen molar-refractivity contribution in [2.24, 2.45) is 11.8 Å². The molecule has 0 bridgehead atoms. The zero-order chi connectivity index (χ0) is 25.4. The van der Waals surface area contributed by atoms with Gasteiger partial charge in [0.15, 0.2) is 0 Å². The number of anilines is 1. The first-order chi connectivity index (χ1) is 17.4. The van der Waals surface area contributed by atoms with Crippen molar-refractivity contribution < 1.29 is 29.0 Å². The van der Waals surface area contributed by atoms with Crippen LogP contribution in [0.3, 0.4) is 0 Å². The molecule has 1 aromatic rings. The number of ether oxygens (including phenoxy) is 2. The van der Waals surface area contributed by atoms with Gasteiger partial charge in [0.1, 0.15) is 24.2 Å². The minimum Gasteiger partial charge on any atom is -0.461 e. The lowest BCUT2D eigenvalue weighted by atomic mass is 9.78. The van der Waals surface area contributed by atoms with Crippen molar-refractivity contribution in [3.8, 4) is 0 Å². The smallest absolute Gasteiger partial charge is 0.313 e. The number of aryl methyl sites for hydroxylation is 2. The van der Waals surface area contributed by atoms with Crippen LogP contribution in [-0.2, 0) is 23.9 Å². The van der Waals surface area contributed by atoms with Crippen LogP contribution in [0.15, 0.2) is 42.5 Å². The molecule has 2 fully saturated rings. The number of unbranched alkanes of at least 4 members (excludes halogenated alkanes) is 3. The Bertz CT molecular complexity index is 1110. The van der Waals surface area contributed by atoms with Gasteiger partial charge in [0, 0.05) is 25.4 Å². The maximum Gasteiger partial charge on any atom is 0.313 e. The number of rotatable bonds is 7. The van der Waals surface area contributed by atoms with Gasteiger partial charge in [-0.3, -0.25) is 14.4 Å². The summed E-state index contributed by atoms with van der Waals surface area (Å²) >= 11 is 0. The fourth-order valence-corrected chi connectivity index (χ4v) is 6.18. The topological polar surface area (TPSA) is 96.4 Å². The molecule has 0 radical (unpaired) electrons. The van der Waals surface area contributed by atoms with E-state index in [1.54, 1.807) is 22.0 Å². The second-order valence-corrected chi connectivity index (χ2v) is 10.2. The first-order valence-electron chi connectivity index (χ1n) is 12.9. The molecule has 8 nitrogen and oxygen atoms in total. The summed E-state index contributed by atoms with van der Waals surface area (Å²) in [6, 6.07) is 5.12. The van der Waals surface area contributed by atoms with Crippen LogP contribution in [0, 0.1) is 25.7 Å². The average Bonchev–Trinajstić information content (AvgIpc) is 3.15. The summed E-state index contributed by atoms with van der Waals surface area (Å²) in [5, 5.41) is 9.10. The Morgan fingerprint density at radius 2 is 1.86 bits per heavy atom. The molecule has 0 aliphatic carbocycles. The molecule has 0 saturated carbocycles. The van der Waals surface area contributed by atoms with E-state index >= 15 is 0 Å². The maximum atomic E-state index is 14.3. The number of cyclic esters (lactones) is 1. The Morgan fingerprint density at radius 1 is 1.06 bits per heavy atom. The second kappa shape index (κ2) is 9.82. The molecule has 4 heterocycles. The van der Waals surface area contributed by atoms with Gasteiger partial charge in [-0.1, -0.05) is 43.2 Å². The zero-order valence-corrected chi connectivity index (χ0v) is 20.9. The molecule has 8 heteroatoms. The zero-order valence-electron chi connectivity index (χ0n) is 20.9. The summed E-state index contributed by atoms with van der Waals surface area (Å²) in [5.41, 5.74) is 1.59. The first-order valence-corrected chi connectivity index (χ1v) is 12.9. The number of esters is 1. The molecule has 1 spiro atoms. The number of fused-ring (bicyclic) bond motifs is 2. The molecule has 0 aromatic heterocycles. The number of amides is 2. The molecular formula is C28H34N2O6. The molecule has 5 rings (SSSR count). The molecule has 2 amide bonds. The minimum atomic E-state index is -1.23. The van der Waals surface area contributed by atoms with Gasteiger partial charge in [0.05, 0.1) is 12.0 Å². The Labute approximate surface area is 211 Å². The highest BCUT2D eigenvalue weighted by atomic mass is 16.6. The van der Waals surface area contributed by atoms with E-state index in [0.29, 0.717) is 25.9 Å². The number of carbonyl (C=O) groups is 3. The molecule has 1 unspecified atom stereocenters. The van der Waals surface area contributed by atoms with Gasteiger partial charge >= 0.3 is 5.97 Å². The Balaban J connectivity index is 1.55. The van der Waals surface area contributed by atoms with Crippen molar-refractivity contribution in [1.82, 2.24) is 4.90 Å². The van der Waals surface area contributed by atoms with Crippen molar-refractivity contribution in [2.45, 2.75) is 57.3 Å². The normalized spacial score (nSPS) is 31.1. The number of nitrogens with zero attached hydrogens (tertiary/aromatic N) is 2. The van der Waals surface area contributed by atoms with E-state index in [2.05, 4.69) is 0 Å². The third-order valence-electron chi connectivity index (χ3n) is 7.88. The SMILES string of the molecule is Cc1ccc(C)c(N2CC=C[C@]34O[C@@H]5C=CCOC(=O)[C@@H]5[C@H]3C(=O)N(CCCCCCO)C4C2=O)c1. The summed E-state index contributed by atoms with van der Waals surface area (Å²) in [4.78, 5) is 44.6. The van der Waals surface area contributed by atoms with Crippen molar-refractivity contribution in [1.29, 1.82) is 0 Å². The highest BCUT2D eigenvalue weighted by molar-refractivity contribution is 6.05. The minimum absolute atomic E-state index is 0.136. The third-order valence-corrected chi connectivity index (χ3v) is 7.88. The van der Waals surface area contributed by atoms with Crippen molar-refractivity contribution in [3.63, 3.8) is 0 Å². The largest absolute Gasteiger partial charge is 0.461 e. The Kier molecular flexibility index (Phi) is 6.74. The lowest BCUT2D eigenvalue weighted by Crippen LogP contribution is -2.55. The van der Waals surface area contributed by atoms with Gasteiger partial charge in [-0.15, -0.1) is 0 Å². The summed E-state index contributed by atoms with van der Waals surface area (Å²) in [6.45, 7) is 4.99. The number of hydrogen-bond donors (Lipinski definition) is 1. The van der Waals surface area contributed by atoms with Crippen LogP contribution < -0.4 is 4.90 Å². The molecule has 1 N–H and O–H groups in total. The summed E-state index contributed by atoms with van der Waals surface area (Å²) in [5.74, 6) is -2.50. The standard InChI is InChI=1S/C28H34N2O6/c1-18-10-11-19(2)20(17-18)29-14-8-12-28-23(22-21(36-28)9-7-16-35-27(22)34)25(32)30(24(28)26(29)33)13-5-3-4-6-15-31/h7-12,17,21-24,31H,3-6,13-16H2,1-2H3/t21-,22+,23+,24?,28+/m1/s1. The Morgan fingerprint density at radius 3 is 2.67 bits per heavy atom. The van der Waals surface area contributed by atoms with E-state index in [9.17, 15) is 14.4 Å². The average molecular weight is 495 g/mol. The van der Waals surface area contributed by atoms with E-state index in [1.165, 1.54) is 0 Å².